The number of anilines is 1. The zero-order valence-corrected chi connectivity index (χ0v) is 19.5. The van der Waals surface area contributed by atoms with Crippen molar-refractivity contribution in [1.29, 1.82) is 0 Å². The topological polar surface area (TPSA) is 71.0 Å². The summed E-state index contributed by atoms with van der Waals surface area (Å²) < 4.78 is 5.29. The molecule has 6 nitrogen and oxygen atoms in total. The molecule has 4 rings (SSSR count). The fraction of sp³-hybridized carbons (Fsp3) is 0.160. The van der Waals surface area contributed by atoms with E-state index in [-0.39, 0.29) is 24.8 Å². The van der Waals surface area contributed by atoms with Gasteiger partial charge in [0.05, 0.1) is 25.0 Å². The molecular weight excluding hydrogens is 458 g/mol. The van der Waals surface area contributed by atoms with E-state index >= 15 is 0 Å². The first-order chi connectivity index (χ1) is 16.0. The normalized spacial score (nSPS) is 16.8. The Morgan fingerprint density at radius 2 is 1.76 bits per heavy atom. The van der Waals surface area contributed by atoms with E-state index in [1.54, 1.807) is 30.2 Å². The lowest BCUT2D eigenvalue weighted by atomic mass is 10.2. The Kier molecular flexibility index (Phi) is 7.32. The molecule has 1 fully saturated rings. The minimum absolute atomic E-state index is 0.00831. The van der Waals surface area contributed by atoms with Gasteiger partial charge in [-0.25, -0.2) is 4.99 Å². The maximum Gasteiger partial charge on any atom is 0.242 e. The molecule has 3 aromatic rings. The number of hydrogen-bond donors (Lipinski definition) is 1. The molecule has 0 spiro atoms. The molecule has 1 unspecified atom stereocenters. The number of rotatable bonds is 7. The first-order valence-electron chi connectivity index (χ1n) is 10.3. The second-order valence-electron chi connectivity index (χ2n) is 7.30. The lowest BCUT2D eigenvalue weighted by Crippen LogP contribution is -2.33. The molecule has 0 saturated carbocycles. The van der Waals surface area contributed by atoms with E-state index < -0.39 is 5.25 Å². The van der Waals surface area contributed by atoms with E-state index in [1.165, 1.54) is 11.8 Å². The number of amides is 2. The Balaban J connectivity index is 1.55. The van der Waals surface area contributed by atoms with Crippen LogP contribution in [-0.4, -0.2) is 34.2 Å². The van der Waals surface area contributed by atoms with Crippen molar-refractivity contribution >= 4 is 51.7 Å². The van der Waals surface area contributed by atoms with Crippen molar-refractivity contribution in [3.05, 3.63) is 89.4 Å². The van der Waals surface area contributed by atoms with Crippen LogP contribution in [0.25, 0.3) is 0 Å². The first-order valence-corrected chi connectivity index (χ1v) is 11.6. The highest BCUT2D eigenvalue weighted by Crippen LogP contribution is 2.34. The van der Waals surface area contributed by atoms with Crippen molar-refractivity contribution in [3.8, 4) is 5.75 Å². The lowest BCUT2D eigenvalue weighted by Gasteiger charge is -2.17. The van der Waals surface area contributed by atoms with Crippen LogP contribution in [0.1, 0.15) is 12.0 Å². The molecular formula is C25H22ClN3O3S. The summed E-state index contributed by atoms with van der Waals surface area (Å²) in [4.78, 5) is 32.3. The number of thioether (sulfide) groups is 1. The van der Waals surface area contributed by atoms with E-state index in [1.807, 2.05) is 60.7 Å². The number of hydrogen-bond acceptors (Lipinski definition) is 5. The minimum atomic E-state index is -0.593. The van der Waals surface area contributed by atoms with Gasteiger partial charge in [0.25, 0.3) is 0 Å². The van der Waals surface area contributed by atoms with E-state index in [2.05, 4.69) is 10.3 Å². The van der Waals surface area contributed by atoms with Crippen molar-refractivity contribution < 1.29 is 14.3 Å². The van der Waals surface area contributed by atoms with E-state index in [0.29, 0.717) is 21.6 Å². The average molecular weight is 480 g/mol. The number of methoxy groups -OCH3 is 1. The number of amidine groups is 1. The Labute approximate surface area is 201 Å². The molecule has 1 saturated heterocycles. The summed E-state index contributed by atoms with van der Waals surface area (Å²) in [6.07, 6.45) is 0.00831. The highest BCUT2D eigenvalue weighted by atomic mass is 35.5. The van der Waals surface area contributed by atoms with Gasteiger partial charge in [0.2, 0.25) is 11.8 Å². The number of ether oxygens (including phenoxy) is 1. The van der Waals surface area contributed by atoms with Crippen molar-refractivity contribution in [1.82, 2.24) is 4.90 Å². The molecule has 1 aliphatic heterocycles. The predicted octanol–water partition coefficient (Wildman–Crippen LogP) is 5.51. The van der Waals surface area contributed by atoms with Crippen LogP contribution in [0.15, 0.2) is 83.9 Å². The Morgan fingerprint density at radius 1 is 1.06 bits per heavy atom. The van der Waals surface area contributed by atoms with E-state index in [0.717, 1.165) is 11.3 Å². The van der Waals surface area contributed by atoms with Crippen LogP contribution >= 0.6 is 23.4 Å². The fourth-order valence-electron chi connectivity index (χ4n) is 3.40. The summed E-state index contributed by atoms with van der Waals surface area (Å²) in [6, 6.07) is 24.0. The standard InChI is InChI=1S/C25H22ClN3O3S/c1-32-21-14-8-7-13-20(21)28-23(30)15-22-24(31)29(16-17-9-5-6-12-19(17)26)25(33-22)27-18-10-3-2-4-11-18/h2-14,22H,15-16H2,1H3,(H,28,30). The second-order valence-corrected chi connectivity index (χ2v) is 8.88. The molecule has 0 bridgehead atoms. The maximum atomic E-state index is 13.3. The summed E-state index contributed by atoms with van der Waals surface area (Å²) in [7, 11) is 1.54. The molecule has 2 amide bonds. The summed E-state index contributed by atoms with van der Waals surface area (Å²) in [5.74, 6) is 0.108. The Bertz CT molecular complexity index is 1190. The first kappa shape index (κ1) is 22.9. The smallest absolute Gasteiger partial charge is 0.242 e. The van der Waals surface area contributed by atoms with Gasteiger partial charge >= 0.3 is 0 Å². The molecule has 1 atom stereocenters. The summed E-state index contributed by atoms with van der Waals surface area (Å²) >= 11 is 7.62. The van der Waals surface area contributed by atoms with Gasteiger partial charge in [0.1, 0.15) is 11.0 Å². The van der Waals surface area contributed by atoms with Crippen LogP contribution in [0.4, 0.5) is 11.4 Å². The van der Waals surface area contributed by atoms with Gasteiger partial charge in [0, 0.05) is 11.4 Å². The van der Waals surface area contributed by atoms with Crippen LogP contribution in [0.3, 0.4) is 0 Å². The van der Waals surface area contributed by atoms with Crippen molar-refractivity contribution in [3.63, 3.8) is 0 Å². The van der Waals surface area contributed by atoms with Crippen molar-refractivity contribution in [2.45, 2.75) is 18.2 Å². The Hall–Kier alpha value is -3.29. The molecule has 0 aliphatic carbocycles. The van der Waals surface area contributed by atoms with Crippen LogP contribution in [0, 0.1) is 0 Å². The SMILES string of the molecule is COc1ccccc1NC(=O)CC1SC(=Nc2ccccc2)N(Cc2ccccc2Cl)C1=O. The van der Waals surface area contributed by atoms with Crippen LogP contribution in [0.5, 0.6) is 5.75 Å². The molecule has 1 N–H and O–H groups in total. The number of nitrogens with zero attached hydrogens (tertiary/aromatic N) is 2. The number of para-hydroxylation sites is 3. The van der Waals surface area contributed by atoms with Gasteiger partial charge in [-0.2, -0.15) is 0 Å². The van der Waals surface area contributed by atoms with Crippen molar-refractivity contribution in [2.75, 3.05) is 12.4 Å². The number of halogens is 1. The van der Waals surface area contributed by atoms with Crippen LogP contribution in [0.2, 0.25) is 5.02 Å². The number of nitrogens with one attached hydrogen (secondary N) is 1. The molecule has 1 aliphatic rings. The van der Waals surface area contributed by atoms with E-state index in [4.69, 9.17) is 16.3 Å². The fourth-order valence-corrected chi connectivity index (χ4v) is 4.75. The van der Waals surface area contributed by atoms with Crippen LogP contribution < -0.4 is 10.1 Å². The highest BCUT2D eigenvalue weighted by Gasteiger charge is 2.39. The van der Waals surface area contributed by atoms with Gasteiger partial charge in [-0.3, -0.25) is 14.5 Å². The van der Waals surface area contributed by atoms with Crippen molar-refractivity contribution in [2.24, 2.45) is 4.99 Å². The lowest BCUT2D eigenvalue weighted by molar-refractivity contribution is -0.128. The molecule has 3 aromatic carbocycles. The highest BCUT2D eigenvalue weighted by molar-refractivity contribution is 8.15. The second kappa shape index (κ2) is 10.6. The molecule has 0 aromatic heterocycles. The molecule has 8 heteroatoms. The summed E-state index contributed by atoms with van der Waals surface area (Å²) in [6.45, 7) is 0.280. The molecule has 168 valence electrons. The number of aliphatic imine (C=N–C) groups is 1. The van der Waals surface area contributed by atoms with Gasteiger partial charge in [-0.1, -0.05) is 71.9 Å². The molecule has 33 heavy (non-hydrogen) atoms. The minimum Gasteiger partial charge on any atom is -0.495 e. The summed E-state index contributed by atoms with van der Waals surface area (Å²) in [5, 5.41) is 3.36. The third-order valence-electron chi connectivity index (χ3n) is 5.04. The van der Waals surface area contributed by atoms with Gasteiger partial charge in [-0.05, 0) is 35.9 Å². The number of carbonyl (C=O) groups excluding carboxylic acids is 2. The maximum absolute atomic E-state index is 13.3. The number of benzene rings is 3. The van der Waals surface area contributed by atoms with Gasteiger partial charge in [0.15, 0.2) is 5.17 Å². The third kappa shape index (κ3) is 5.56. The largest absolute Gasteiger partial charge is 0.495 e. The molecule has 0 radical (unpaired) electrons. The van der Waals surface area contributed by atoms with Gasteiger partial charge < -0.3 is 10.1 Å². The quantitative estimate of drug-likeness (QED) is 0.485. The number of carbonyl (C=O) groups is 2. The van der Waals surface area contributed by atoms with E-state index in [9.17, 15) is 9.59 Å². The zero-order chi connectivity index (χ0) is 23.2. The predicted molar refractivity (Wildman–Crippen MR) is 133 cm³/mol. The zero-order valence-electron chi connectivity index (χ0n) is 17.9. The monoisotopic (exact) mass is 479 g/mol. The van der Waals surface area contributed by atoms with Crippen LogP contribution in [-0.2, 0) is 16.1 Å². The third-order valence-corrected chi connectivity index (χ3v) is 6.58. The average Bonchev–Trinajstić information content (AvgIpc) is 3.10. The van der Waals surface area contributed by atoms with Gasteiger partial charge in [-0.15, -0.1) is 0 Å². The Morgan fingerprint density at radius 3 is 2.52 bits per heavy atom. The summed E-state index contributed by atoms with van der Waals surface area (Å²) in [5.41, 5.74) is 2.11. The molecule has 1 heterocycles.